The zero-order chi connectivity index (χ0) is 39.2. The van der Waals surface area contributed by atoms with Crippen molar-refractivity contribution in [1.82, 2.24) is 0 Å². The lowest BCUT2D eigenvalue weighted by Gasteiger charge is -2.18. The molecule has 0 N–H and O–H groups in total. The highest BCUT2D eigenvalue weighted by atomic mass is 16.6. The van der Waals surface area contributed by atoms with Gasteiger partial charge in [0.15, 0.2) is 6.10 Å². The molecule has 0 rings (SSSR count). The number of carbonyl (C=O) groups is 3. The van der Waals surface area contributed by atoms with Gasteiger partial charge in [-0.1, -0.05) is 208 Å². The summed E-state index contributed by atoms with van der Waals surface area (Å²) >= 11 is 0. The van der Waals surface area contributed by atoms with Gasteiger partial charge >= 0.3 is 17.9 Å². The summed E-state index contributed by atoms with van der Waals surface area (Å²) in [5.41, 5.74) is 0. The predicted octanol–water partition coefficient (Wildman–Crippen LogP) is 14.4. The molecule has 0 radical (unpaired) electrons. The normalized spacial score (nSPS) is 12.7. The highest BCUT2D eigenvalue weighted by Gasteiger charge is 2.19. The highest BCUT2D eigenvalue weighted by Crippen LogP contribution is 2.17. The predicted molar refractivity (Wildman–Crippen MR) is 224 cm³/mol. The summed E-state index contributed by atoms with van der Waals surface area (Å²) < 4.78 is 16.7. The Bertz CT molecular complexity index is 824. The molecule has 2 atom stereocenters. The molecule has 0 aromatic rings. The first-order chi connectivity index (χ1) is 25.6. The number of ether oxygens (including phenoxy) is 3. The summed E-state index contributed by atoms with van der Waals surface area (Å²) in [4.78, 5) is 37.7. The maximum atomic E-state index is 12.7. The van der Waals surface area contributed by atoms with E-state index in [0.29, 0.717) is 19.3 Å². The first kappa shape index (κ1) is 51.4. The van der Waals surface area contributed by atoms with Gasteiger partial charge in [0.25, 0.3) is 0 Å². The summed E-state index contributed by atoms with van der Waals surface area (Å²) in [6, 6.07) is 0. The number of hydrogen-bond donors (Lipinski definition) is 0. The molecule has 314 valence electrons. The maximum absolute atomic E-state index is 12.7. The van der Waals surface area contributed by atoms with Crippen LogP contribution < -0.4 is 0 Å². The first-order valence-electron chi connectivity index (χ1n) is 23.1. The lowest BCUT2D eigenvalue weighted by atomic mass is 10.00. The second-order valence-electron chi connectivity index (χ2n) is 17.2. The molecular formula is C47H90O6. The molecule has 6 heteroatoms. The Hall–Kier alpha value is -1.59. The van der Waals surface area contributed by atoms with E-state index >= 15 is 0 Å². The van der Waals surface area contributed by atoms with Crippen LogP contribution in [0.2, 0.25) is 0 Å². The molecule has 0 heterocycles. The van der Waals surface area contributed by atoms with Crippen molar-refractivity contribution < 1.29 is 28.6 Å². The monoisotopic (exact) mass is 751 g/mol. The minimum atomic E-state index is -0.762. The Labute approximate surface area is 329 Å². The van der Waals surface area contributed by atoms with Crippen LogP contribution in [0, 0.1) is 17.8 Å². The Morgan fingerprint density at radius 2 is 0.660 bits per heavy atom. The molecule has 0 aliphatic heterocycles. The number of carbonyl (C=O) groups excluding carboxylic acids is 3. The van der Waals surface area contributed by atoms with Crippen molar-refractivity contribution in [3.63, 3.8) is 0 Å². The van der Waals surface area contributed by atoms with E-state index in [2.05, 4.69) is 41.5 Å². The van der Waals surface area contributed by atoms with Crippen LogP contribution in [-0.4, -0.2) is 37.2 Å². The zero-order valence-electron chi connectivity index (χ0n) is 36.3. The number of unbranched alkanes of at least 4 members (excludes halogenated alkanes) is 22. The van der Waals surface area contributed by atoms with Gasteiger partial charge in [-0.2, -0.15) is 0 Å². The first-order valence-corrected chi connectivity index (χ1v) is 23.1. The van der Waals surface area contributed by atoms with E-state index in [9.17, 15) is 14.4 Å². The smallest absolute Gasteiger partial charge is 0.306 e. The van der Waals surface area contributed by atoms with Crippen LogP contribution in [0.3, 0.4) is 0 Å². The van der Waals surface area contributed by atoms with E-state index in [-0.39, 0.29) is 31.1 Å². The van der Waals surface area contributed by atoms with Gasteiger partial charge < -0.3 is 14.2 Å². The molecule has 0 saturated heterocycles. The molecule has 0 bridgehead atoms. The minimum Gasteiger partial charge on any atom is -0.462 e. The van der Waals surface area contributed by atoms with Crippen molar-refractivity contribution >= 4 is 17.9 Å². The van der Waals surface area contributed by atoms with Gasteiger partial charge in [0.1, 0.15) is 13.2 Å². The van der Waals surface area contributed by atoms with Gasteiger partial charge in [-0.05, 0) is 37.0 Å². The SMILES string of the molecule is CCC(C)CCCCCCCCC(=O)OC[C@H](COC(=O)CCCCCCCCCCCCCC(C)C)OC(=O)CCCCCCCCCCC(C)C. The Balaban J connectivity index is 4.34. The molecule has 0 amide bonds. The zero-order valence-corrected chi connectivity index (χ0v) is 36.3. The van der Waals surface area contributed by atoms with Crippen LogP contribution in [0.5, 0.6) is 0 Å². The van der Waals surface area contributed by atoms with E-state index < -0.39 is 6.10 Å². The van der Waals surface area contributed by atoms with E-state index in [4.69, 9.17) is 14.2 Å². The van der Waals surface area contributed by atoms with Gasteiger partial charge in [0, 0.05) is 19.3 Å². The van der Waals surface area contributed by atoms with Crippen LogP contribution in [0.1, 0.15) is 247 Å². The van der Waals surface area contributed by atoms with Crippen molar-refractivity contribution in [3.05, 3.63) is 0 Å². The Kier molecular flexibility index (Phi) is 37.5. The molecule has 6 nitrogen and oxygen atoms in total. The van der Waals surface area contributed by atoms with Crippen molar-refractivity contribution in [2.24, 2.45) is 17.8 Å². The molecule has 0 fully saturated rings. The minimum absolute atomic E-state index is 0.0667. The van der Waals surface area contributed by atoms with Crippen molar-refractivity contribution in [2.75, 3.05) is 13.2 Å². The summed E-state index contributed by atoms with van der Waals surface area (Å²) in [6.45, 7) is 13.6. The topological polar surface area (TPSA) is 78.9 Å². The average Bonchev–Trinajstić information content (AvgIpc) is 3.12. The Morgan fingerprint density at radius 3 is 0.981 bits per heavy atom. The molecule has 0 aromatic heterocycles. The quantitative estimate of drug-likeness (QED) is 0.0352. The lowest BCUT2D eigenvalue weighted by Crippen LogP contribution is -2.30. The van der Waals surface area contributed by atoms with Crippen LogP contribution in [0.4, 0.5) is 0 Å². The largest absolute Gasteiger partial charge is 0.462 e. The third kappa shape index (κ3) is 39.9. The second kappa shape index (κ2) is 38.7. The van der Waals surface area contributed by atoms with E-state index in [0.717, 1.165) is 75.5 Å². The third-order valence-corrected chi connectivity index (χ3v) is 10.8. The molecule has 53 heavy (non-hydrogen) atoms. The van der Waals surface area contributed by atoms with Crippen LogP contribution >= 0.6 is 0 Å². The summed E-state index contributed by atoms with van der Waals surface area (Å²) in [5.74, 6) is 1.57. The van der Waals surface area contributed by atoms with Crippen molar-refractivity contribution in [3.8, 4) is 0 Å². The molecule has 0 aliphatic carbocycles. The molecule has 0 saturated carbocycles. The summed E-state index contributed by atoms with van der Waals surface area (Å²) in [6.07, 6.45) is 35.2. The average molecular weight is 751 g/mol. The molecule has 0 spiro atoms. The lowest BCUT2D eigenvalue weighted by molar-refractivity contribution is -0.167. The van der Waals surface area contributed by atoms with Crippen LogP contribution in [0.25, 0.3) is 0 Å². The van der Waals surface area contributed by atoms with E-state index in [1.807, 2.05) is 0 Å². The summed E-state index contributed by atoms with van der Waals surface area (Å²) in [7, 11) is 0. The fourth-order valence-electron chi connectivity index (χ4n) is 6.85. The van der Waals surface area contributed by atoms with Gasteiger partial charge in [-0.3, -0.25) is 14.4 Å². The number of hydrogen-bond acceptors (Lipinski definition) is 6. The maximum Gasteiger partial charge on any atom is 0.306 e. The highest BCUT2D eigenvalue weighted by molar-refractivity contribution is 5.71. The van der Waals surface area contributed by atoms with E-state index in [1.54, 1.807) is 0 Å². The summed E-state index contributed by atoms with van der Waals surface area (Å²) in [5, 5.41) is 0. The van der Waals surface area contributed by atoms with Crippen molar-refractivity contribution in [1.29, 1.82) is 0 Å². The third-order valence-electron chi connectivity index (χ3n) is 10.8. The fraction of sp³-hybridized carbons (Fsp3) is 0.936. The number of rotatable bonds is 40. The van der Waals surface area contributed by atoms with Gasteiger partial charge in [-0.15, -0.1) is 0 Å². The molecule has 1 unspecified atom stereocenters. The van der Waals surface area contributed by atoms with Crippen LogP contribution in [-0.2, 0) is 28.6 Å². The van der Waals surface area contributed by atoms with Gasteiger partial charge in [0.05, 0.1) is 0 Å². The van der Waals surface area contributed by atoms with E-state index in [1.165, 1.54) is 128 Å². The standard InChI is InChI=1S/C47H90O6/c1-7-43(6)35-29-23-19-20-25-31-37-46(49)52-40-44(53-47(50)38-32-26-18-14-13-16-22-28-34-42(4)5)39-51-45(48)36-30-24-17-12-10-8-9-11-15-21-27-33-41(2)3/h41-44H,7-40H2,1-6H3/t43?,44-/m0/s1. The van der Waals surface area contributed by atoms with Crippen LogP contribution in [0.15, 0.2) is 0 Å². The van der Waals surface area contributed by atoms with Gasteiger partial charge in [-0.25, -0.2) is 0 Å². The Morgan fingerprint density at radius 1 is 0.377 bits per heavy atom. The molecular weight excluding hydrogens is 661 g/mol. The number of esters is 3. The van der Waals surface area contributed by atoms with Gasteiger partial charge in [0.2, 0.25) is 0 Å². The second-order valence-corrected chi connectivity index (χ2v) is 17.2. The fourth-order valence-corrected chi connectivity index (χ4v) is 6.85. The molecule has 0 aromatic carbocycles. The van der Waals surface area contributed by atoms with Crippen molar-refractivity contribution in [2.45, 2.75) is 253 Å². The molecule has 0 aliphatic rings.